The summed E-state index contributed by atoms with van der Waals surface area (Å²) in [7, 11) is 0. The summed E-state index contributed by atoms with van der Waals surface area (Å²) >= 11 is 0. The second kappa shape index (κ2) is 5.87. The van der Waals surface area contributed by atoms with Crippen LogP contribution in [0.25, 0.3) is 0 Å². The fourth-order valence-electron chi connectivity index (χ4n) is 2.12. The van der Waals surface area contributed by atoms with Crippen LogP contribution >= 0.6 is 0 Å². The van der Waals surface area contributed by atoms with Gasteiger partial charge in [0.1, 0.15) is 5.76 Å². The van der Waals surface area contributed by atoms with Crippen molar-refractivity contribution in [2.24, 2.45) is 5.73 Å². The van der Waals surface area contributed by atoms with E-state index < -0.39 is 0 Å². The maximum atomic E-state index is 6.17. The third-order valence-electron chi connectivity index (χ3n) is 3.41. The fraction of sp³-hybridized carbons (Fsp3) is 0.375. The summed E-state index contributed by atoms with van der Waals surface area (Å²) in [5, 5.41) is 0. The second-order valence-electron chi connectivity index (χ2n) is 5.00. The molecule has 0 radical (unpaired) electrons. The minimum Gasteiger partial charge on any atom is -0.469 e. The zero-order valence-corrected chi connectivity index (χ0v) is 11.1. The summed E-state index contributed by atoms with van der Waals surface area (Å²) in [6, 6.07) is 10.7. The summed E-state index contributed by atoms with van der Waals surface area (Å²) in [5.74, 6) is 1.02. The molecule has 0 amide bonds. The molecule has 0 spiro atoms. The van der Waals surface area contributed by atoms with Crippen molar-refractivity contribution in [3.05, 3.63) is 59.0 Å². The van der Waals surface area contributed by atoms with Crippen molar-refractivity contribution >= 4 is 0 Å². The van der Waals surface area contributed by atoms with Crippen molar-refractivity contribution in [1.29, 1.82) is 0 Å². The summed E-state index contributed by atoms with van der Waals surface area (Å²) in [6.07, 6.45) is 4.52. The lowest BCUT2D eigenvalue weighted by Gasteiger charge is -2.12. The number of rotatable bonds is 5. The van der Waals surface area contributed by atoms with Crippen molar-refractivity contribution < 1.29 is 4.42 Å². The highest BCUT2D eigenvalue weighted by molar-refractivity contribution is 5.30. The van der Waals surface area contributed by atoms with Crippen molar-refractivity contribution in [3.63, 3.8) is 0 Å². The molecule has 1 aromatic heterocycles. The molecule has 0 aliphatic rings. The zero-order chi connectivity index (χ0) is 13.0. The van der Waals surface area contributed by atoms with Crippen molar-refractivity contribution in [3.8, 4) is 0 Å². The molecule has 0 bridgehead atoms. The molecule has 96 valence electrons. The summed E-state index contributed by atoms with van der Waals surface area (Å²) in [4.78, 5) is 0. The van der Waals surface area contributed by atoms with Gasteiger partial charge in [0, 0.05) is 12.5 Å². The second-order valence-corrected chi connectivity index (χ2v) is 5.00. The van der Waals surface area contributed by atoms with Gasteiger partial charge < -0.3 is 10.2 Å². The highest BCUT2D eigenvalue weighted by atomic mass is 16.3. The Morgan fingerprint density at radius 3 is 2.67 bits per heavy atom. The fourth-order valence-corrected chi connectivity index (χ4v) is 2.12. The van der Waals surface area contributed by atoms with E-state index in [0.29, 0.717) is 0 Å². The van der Waals surface area contributed by atoms with Gasteiger partial charge in [0.05, 0.1) is 6.26 Å². The predicted molar refractivity (Wildman–Crippen MR) is 74.6 cm³/mol. The Hall–Kier alpha value is -1.54. The Balaban J connectivity index is 1.86. The van der Waals surface area contributed by atoms with Crippen molar-refractivity contribution in [2.75, 3.05) is 0 Å². The Bertz CT molecular complexity index is 488. The topological polar surface area (TPSA) is 39.2 Å². The van der Waals surface area contributed by atoms with Crippen LogP contribution in [0.3, 0.4) is 0 Å². The van der Waals surface area contributed by atoms with Gasteiger partial charge in [0.2, 0.25) is 0 Å². The smallest absolute Gasteiger partial charge is 0.103 e. The highest BCUT2D eigenvalue weighted by Crippen LogP contribution is 2.13. The van der Waals surface area contributed by atoms with Gasteiger partial charge >= 0.3 is 0 Å². The summed E-state index contributed by atoms with van der Waals surface area (Å²) in [6.45, 7) is 4.28. The van der Waals surface area contributed by atoms with Gasteiger partial charge in [0.15, 0.2) is 0 Å². The third-order valence-corrected chi connectivity index (χ3v) is 3.41. The predicted octanol–water partition coefficient (Wildman–Crippen LogP) is 3.40. The van der Waals surface area contributed by atoms with Crippen LogP contribution in [0.4, 0.5) is 0 Å². The molecule has 2 rings (SSSR count). The highest BCUT2D eigenvalue weighted by Gasteiger charge is 2.06. The lowest BCUT2D eigenvalue weighted by atomic mass is 9.99. The van der Waals surface area contributed by atoms with Gasteiger partial charge in [-0.3, -0.25) is 0 Å². The molecule has 1 aromatic carbocycles. The van der Waals surface area contributed by atoms with E-state index in [4.69, 9.17) is 10.2 Å². The van der Waals surface area contributed by atoms with E-state index in [0.717, 1.165) is 25.0 Å². The Morgan fingerprint density at radius 2 is 2.00 bits per heavy atom. The molecular weight excluding hydrogens is 222 g/mol. The Labute approximate surface area is 109 Å². The van der Waals surface area contributed by atoms with Crippen LogP contribution in [-0.2, 0) is 12.8 Å². The number of benzene rings is 1. The van der Waals surface area contributed by atoms with Crippen LogP contribution in [0.5, 0.6) is 0 Å². The molecule has 0 fully saturated rings. The average molecular weight is 243 g/mol. The lowest BCUT2D eigenvalue weighted by Crippen LogP contribution is -2.23. The van der Waals surface area contributed by atoms with Crippen LogP contribution in [0.2, 0.25) is 0 Å². The molecule has 18 heavy (non-hydrogen) atoms. The molecule has 1 unspecified atom stereocenters. The van der Waals surface area contributed by atoms with E-state index in [1.165, 1.54) is 16.7 Å². The molecular formula is C16H21NO. The first-order valence-corrected chi connectivity index (χ1v) is 6.49. The molecule has 2 N–H and O–H groups in total. The van der Waals surface area contributed by atoms with E-state index in [-0.39, 0.29) is 6.04 Å². The van der Waals surface area contributed by atoms with Crippen LogP contribution in [0.15, 0.2) is 41.0 Å². The number of nitrogens with two attached hydrogens (primary N) is 1. The summed E-state index contributed by atoms with van der Waals surface area (Å²) < 4.78 is 5.31. The van der Waals surface area contributed by atoms with E-state index >= 15 is 0 Å². The van der Waals surface area contributed by atoms with Gasteiger partial charge in [-0.05, 0) is 55.5 Å². The molecule has 0 saturated heterocycles. The molecule has 1 atom stereocenters. The minimum absolute atomic E-state index is 0.192. The van der Waals surface area contributed by atoms with E-state index in [1.807, 2.05) is 12.1 Å². The molecule has 0 aliphatic heterocycles. The average Bonchev–Trinajstić information content (AvgIpc) is 2.84. The van der Waals surface area contributed by atoms with Gasteiger partial charge in [-0.1, -0.05) is 18.2 Å². The van der Waals surface area contributed by atoms with Gasteiger partial charge in [-0.25, -0.2) is 0 Å². The molecule has 0 saturated carbocycles. The van der Waals surface area contributed by atoms with Crippen molar-refractivity contribution in [2.45, 2.75) is 39.2 Å². The van der Waals surface area contributed by atoms with E-state index in [1.54, 1.807) is 6.26 Å². The molecule has 2 aromatic rings. The first-order chi connectivity index (χ1) is 8.65. The maximum absolute atomic E-state index is 6.17. The van der Waals surface area contributed by atoms with Crippen molar-refractivity contribution in [1.82, 2.24) is 0 Å². The Kier molecular flexibility index (Phi) is 4.21. The van der Waals surface area contributed by atoms with Gasteiger partial charge in [0.25, 0.3) is 0 Å². The van der Waals surface area contributed by atoms with Crippen LogP contribution in [0.1, 0.15) is 28.9 Å². The largest absolute Gasteiger partial charge is 0.469 e. The van der Waals surface area contributed by atoms with Gasteiger partial charge in [-0.15, -0.1) is 0 Å². The van der Waals surface area contributed by atoms with Crippen LogP contribution in [0, 0.1) is 13.8 Å². The number of aryl methyl sites for hydroxylation is 3. The standard InChI is InChI=1S/C16H21NO/c1-12-5-6-14(10-13(12)2)11-15(17)7-8-16-4-3-9-18-16/h3-6,9-10,15H,7-8,11,17H2,1-2H3. The Morgan fingerprint density at radius 1 is 1.17 bits per heavy atom. The van der Waals surface area contributed by atoms with E-state index in [9.17, 15) is 0 Å². The lowest BCUT2D eigenvalue weighted by molar-refractivity contribution is 0.484. The third kappa shape index (κ3) is 3.47. The zero-order valence-electron chi connectivity index (χ0n) is 11.1. The normalized spacial score (nSPS) is 12.6. The minimum atomic E-state index is 0.192. The molecule has 2 heteroatoms. The summed E-state index contributed by atoms with van der Waals surface area (Å²) in [5.41, 5.74) is 10.2. The first kappa shape index (κ1) is 12.9. The van der Waals surface area contributed by atoms with Gasteiger partial charge in [-0.2, -0.15) is 0 Å². The SMILES string of the molecule is Cc1ccc(CC(N)CCc2ccco2)cc1C. The maximum Gasteiger partial charge on any atom is 0.103 e. The number of furan rings is 1. The monoisotopic (exact) mass is 243 g/mol. The molecule has 1 heterocycles. The van der Waals surface area contributed by atoms with Crippen LogP contribution in [-0.4, -0.2) is 6.04 Å². The van der Waals surface area contributed by atoms with Crippen LogP contribution < -0.4 is 5.73 Å². The first-order valence-electron chi connectivity index (χ1n) is 6.49. The quantitative estimate of drug-likeness (QED) is 0.874. The molecule has 2 nitrogen and oxygen atoms in total. The van der Waals surface area contributed by atoms with E-state index in [2.05, 4.69) is 32.0 Å². The number of hydrogen-bond donors (Lipinski definition) is 1. The molecule has 0 aliphatic carbocycles. The number of hydrogen-bond acceptors (Lipinski definition) is 2.